The van der Waals surface area contributed by atoms with Crippen LogP contribution < -0.4 is 5.32 Å². The standard InChI is InChI=1S/C20H15F3N6O/c1-24-17(30)10-12-11-26-29-9-7-14(28-19(12)29)13-4-3-8-25-18(13)15-5-2-6-16(27-15)20(21,22)23/h2-9,11H,10H2,1H3,(H,24,30). The van der Waals surface area contributed by atoms with Gasteiger partial charge in [0.2, 0.25) is 5.91 Å². The number of likely N-dealkylation sites (N-methyl/N-ethyl adjacent to an activating group) is 1. The number of hydrogen-bond donors (Lipinski definition) is 1. The van der Waals surface area contributed by atoms with Gasteiger partial charge in [0, 0.05) is 30.6 Å². The average molecular weight is 412 g/mol. The van der Waals surface area contributed by atoms with Gasteiger partial charge in [0.1, 0.15) is 5.69 Å². The zero-order chi connectivity index (χ0) is 21.3. The normalized spacial score (nSPS) is 11.6. The summed E-state index contributed by atoms with van der Waals surface area (Å²) < 4.78 is 40.8. The molecule has 0 aliphatic heterocycles. The number of aromatic nitrogens is 5. The van der Waals surface area contributed by atoms with Crippen molar-refractivity contribution in [1.82, 2.24) is 29.9 Å². The van der Waals surface area contributed by atoms with Gasteiger partial charge in [0.15, 0.2) is 5.65 Å². The Labute approximate surface area is 168 Å². The molecule has 0 saturated carbocycles. The summed E-state index contributed by atoms with van der Waals surface area (Å²) in [4.78, 5) is 24.3. The number of fused-ring (bicyclic) bond motifs is 1. The number of hydrogen-bond acceptors (Lipinski definition) is 5. The Hall–Kier alpha value is -3.82. The molecule has 30 heavy (non-hydrogen) atoms. The monoisotopic (exact) mass is 412 g/mol. The maximum absolute atomic E-state index is 13.1. The fourth-order valence-corrected chi connectivity index (χ4v) is 2.99. The molecule has 0 aliphatic rings. The van der Waals surface area contributed by atoms with E-state index in [2.05, 4.69) is 25.4 Å². The van der Waals surface area contributed by atoms with Crippen molar-refractivity contribution >= 4 is 11.6 Å². The zero-order valence-electron chi connectivity index (χ0n) is 15.7. The van der Waals surface area contributed by atoms with E-state index in [-0.39, 0.29) is 23.7 Å². The topological polar surface area (TPSA) is 85.1 Å². The van der Waals surface area contributed by atoms with Crippen molar-refractivity contribution in [1.29, 1.82) is 0 Å². The maximum Gasteiger partial charge on any atom is 0.433 e. The first-order chi connectivity index (χ1) is 14.4. The summed E-state index contributed by atoms with van der Waals surface area (Å²) >= 11 is 0. The van der Waals surface area contributed by atoms with Gasteiger partial charge in [0.05, 0.1) is 29.7 Å². The van der Waals surface area contributed by atoms with Crippen LogP contribution in [0, 0.1) is 0 Å². The number of rotatable bonds is 4. The smallest absolute Gasteiger partial charge is 0.359 e. The molecule has 4 rings (SSSR count). The molecule has 1 amide bonds. The Morgan fingerprint density at radius 3 is 2.70 bits per heavy atom. The van der Waals surface area contributed by atoms with Crippen molar-refractivity contribution in [2.45, 2.75) is 12.6 Å². The number of carbonyl (C=O) groups excluding carboxylic acids is 1. The van der Waals surface area contributed by atoms with Crippen molar-refractivity contribution in [3.8, 4) is 22.6 Å². The van der Waals surface area contributed by atoms with E-state index in [1.807, 2.05) is 0 Å². The summed E-state index contributed by atoms with van der Waals surface area (Å²) in [5.74, 6) is -0.188. The molecular formula is C20H15F3N6O. The molecule has 4 heterocycles. The molecule has 0 fully saturated rings. The average Bonchev–Trinajstić information content (AvgIpc) is 3.15. The lowest BCUT2D eigenvalue weighted by atomic mass is 10.1. The Kier molecular flexibility index (Phi) is 4.90. The van der Waals surface area contributed by atoms with Gasteiger partial charge in [0.25, 0.3) is 0 Å². The van der Waals surface area contributed by atoms with E-state index in [1.54, 1.807) is 30.6 Å². The molecular weight excluding hydrogens is 397 g/mol. The molecule has 10 heteroatoms. The first kappa shape index (κ1) is 19.5. The van der Waals surface area contributed by atoms with Crippen molar-refractivity contribution in [3.05, 3.63) is 66.2 Å². The highest BCUT2D eigenvalue weighted by Crippen LogP contribution is 2.32. The third kappa shape index (κ3) is 3.71. The summed E-state index contributed by atoms with van der Waals surface area (Å²) in [6.07, 6.45) is 0.246. The largest absolute Gasteiger partial charge is 0.433 e. The second-order valence-corrected chi connectivity index (χ2v) is 6.41. The molecule has 0 atom stereocenters. The summed E-state index contributed by atoms with van der Waals surface area (Å²) in [5.41, 5.74) is 1.45. The molecule has 4 aromatic rings. The van der Waals surface area contributed by atoms with Gasteiger partial charge in [-0.15, -0.1) is 0 Å². The predicted octanol–water partition coefficient (Wildman–Crippen LogP) is 3.16. The number of halogens is 3. The minimum absolute atomic E-state index is 0.0844. The molecule has 0 spiro atoms. The molecule has 7 nitrogen and oxygen atoms in total. The van der Waals surface area contributed by atoms with Gasteiger partial charge < -0.3 is 5.32 Å². The Morgan fingerprint density at radius 1 is 1.10 bits per heavy atom. The number of carbonyl (C=O) groups is 1. The molecule has 0 unspecified atom stereocenters. The van der Waals surface area contributed by atoms with Crippen LogP contribution in [0.5, 0.6) is 0 Å². The molecule has 0 aromatic carbocycles. The first-order valence-electron chi connectivity index (χ1n) is 8.90. The van der Waals surface area contributed by atoms with E-state index >= 15 is 0 Å². The van der Waals surface area contributed by atoms with Crippen LogP contribution in [0.25, 0.3) is 28.3 Å². The van der Waals surface area contributed by atoms with E-state index in [0.29, 0.717) is 22.5 Å². The zero-order valence-corrected chi connectivity index (χ0v) is 15.7. The maximum atomic E-state index is 13.1. The summed E-state index contributed by atoms with van der Waals surface area (Å²) in [6, 6.07) is 8.72. The molecule has 0 radical (unpaired) electrons. The van der Waals surface area contributed by atoms with Crippen LogP contribution in [0.2, 0.25) is 0 Å². The van der Waals surface area contributed by atoms with E-state index < -0.39 is 11.9 Å². The molecule has 1 N–H and O–H groups in total. The van der Waals surface area contributed by atoms with Crippen LogP contribution in [0.3, 0.4) is 0 Å². The number of nitrogens with one attached hydrogen (secondary N) is 1. The van der Waals surface area contributed by atoms with Gasteiger partial charge in [-0.1, -0.05) is 6.07 Å². The van der Waals surface area contributed by atoms with Crippen LogP contribution in [0.15, 0.2) is 55.0 Å². The third-order valence-electron chi connectivity index (χ3n) is 4.44. The second kappa shape index (κ2) is 7.54. The van der Waals surface area contributed by atoms with E-state index in [9.17, 15) is 18.0 Å². The SMILES string of the molecule is CNC(=O)Cc1cnn2ccc(-c3cccnc3-c3cccc(C(F)(F)F)n3)nc12. The van der Waals surface area contributed by atoms with E-state index in [1.165, 1.54) is 29.9 Å². The minimum atomic E-state index is -4.56. The van der Waals surface area contributed by atoms with Crippen LogP contribution in [0.4, 0.5) is 13.2 Å². The highest BCUT2D eigenvalue weighted by atomic mass is 19.4. The lowest BCUT2D eigenvalue weighted by Crippen LogP contribution is -2.19. The molecule has 152 valence electrons. The third-order valence-corrected chi connectivity index (χ3v) is 4.44. The van der Waals surface area contributed by atoms with E-state index in [0.717, 1.165) is 6.07 Å². The lowest BCUT2D eigenvalue weighted by molar-refractivity contribution is -0.141. The van der Waals surface area contributed by atoms with E-state index in [4.69, 9.17) is 0 Å². The molecule has 0 aliphatic carbocycles. The van der Waals surface area contributed by atoms with Crippen molar-refractivity contribution in [2.75, 3.05) is 7.05 Å². The summed E-state index contributed by atoms with van der Waals surface area (Å²) in [6.45, 7) is 0. The highest BCUT2D eigenvalue weighted by molar-refractivity contribution is 5.81. The van der Waals surface area contributed by atoms with Gasteiger partial charge in [-0.2, -0.15) is 18.3 Å². The van der Waals surface area contributed by atoms with Gasteiger partial charge in [-0.3, -0.25) is 9.78 Å². The Balaban J connectivity index is 1.82. The number of nitrogens with zero attached hydrogens (tertiary/aromatic N) is 5. The first-order valence-corrected chi connectivity index (χ1v) is 8.90. The van der Waals surface area contributed by atoms with Crippen LogP contribution in [0.1, 0.15) is 11.3 Å². The van der Waals surface area contributed by atoms with Gasteiger partial charge in [-0.25, -0.2) is 14.5 Å². The molecule has 0 bridgehead atoms. The van der Waals surface area contributed by atoms with Crippen molar-refractivity contribution in [3.63, 3.8) is 0 Å². The van der Waals surface area contributed by atoms with Crippen molar-refractivity contribution in [2.24, 2.45) is 0 Å². The number of pyridine rings is 2. The second-order valence-electron chi connectivity index (χ2n) is 6.41. The number of amides is 1. The van der Waals surface area contributed by atoms with Crippen LogP contribution >= 0.6 is 0 Å². The predicted molar refractivity (Wildman–Crippen MR) is 102 cm³/mol. The van der Waals surface area contributed by atoms with Crippen molar-refractivity contribution < 1.29 is 18.0 Å². The van der Waals surface area contributed by atoms with Crippen LogP contribution in [-0.4, -0.2) is 37.5 Å². The fraction of sp³-hybridized carbons (Fsp3) is 0.150. The summed E-state index contributed by atoms with van der Waals surface area (Å²) in [5, 5.41) is 6.73. The Morgan fingerprint density at radius 2 is 1.93 bits per heavy atom. The summed E-state index contributed by atoms with van der Waals surface area (Å²) in [7, 11) is 1.54. The van der Waals surface area contributed by atoms with Gasteiger partial charge >= 0.3 is 6.18 Å². The highest BCUT2D eigenvalue weighted by Gasteiger charge is 2.32. The quantitative estimate of drug-likeness (QED) is 0.557. The fourth-order valence-electron chi connectivity index (χ4n) is 2.99. The van der Waals surface area contributed by atoms with Gasteiger partial charge in [-0.05, 0) is 30.3 Å². The molecule has 0 saturated heterocycles. The number of alkyl halides is 3. The Bertz CT molecular complexity index is 1230. The minimum Gasteiger partial charge on any atom is -0.359 e. The van der Waals surface area contributed by atoms with Crippen LogP contribution in [-0.2, 0) is 17.4 Å². The lowest BCUT2D eigenvalue weighted by Gasteiger charge is -2.11. The molecule has 4 aromatic heterocycles.